The van der Waals surface area contributed by atoms with Gasteiger partial charge in [0.2, 0.25) is 0 Å². The fraction of sp³-hybridized carbons (Fsp3) is 0.533. The number of carbonyl (C=O) groups is 1. The Labute approximate surface area is 130 Å². The molecule has 1 amide bonds. The summed E-state index contributed by atoms with van der Waals surface area (Å²) in [5, 5.41) is 3.06. The molecular weight excluding hydrogens is 331 g/mol. The number of nitrogens with one attached hydrogen (secondary N) is 1. The molecule has 0 bridgehead atoms. The summed E-state index contributed by atoms with van der Waals surface area (Å²) in [4.78, 5) is 12.8. The van der Waals surface area contributed by atoms with Gasteiger partial charge in [-0.25, -0.2) is 0 Å². The maximum atomic E-state index is 12.8. The first kappa shape index (κ1) is 14.7. The first-order valence-electron chi connectivity index (χ1n) is 7.37. The SMILES string of the molecule is CC1CCC(CN)(C(=O)Nc2cccc3c2N=[Se]=N3)CC1. The quantitative estimate of drug-likeness (QED) is 0.833. The van der Waals surface area contributed by atoms with E-state index in [9.17, 15) is 4.79 Å². The van der Waals surface area contributed by atoms with Gasteiger partial charge in [-0.15, -0.1) is 0 Å². The molecular formula is C15H20N4OSe. The molecule has 21 heavy (non-hydrogen) atoms. The van der Waals surface area contributed by atoms with Crippen LogP contribution in [-0.4, -0.2) is 27.0 Å². The summed E-state index contributed by atoms with van der Waals surface area (Å²) in [6.45, 7) is 2.65. The van der Waals surface area contributed by atoms with Crippen LogP contribution in [0.4, 0.5) is 17.1 Å². The second-order valence-corrected chi connectivity index (χ2v) is 7.17. The van der Waals surface area contributed by atoms with Crippen LogP contribution < -0.4 is 11.1 Å². The van der Waals surface area contributed by atoms with Gasteiger partial charge in [0.1, 0.15) is 0 Å². The average Bonchev–Trinajstić information content (AvgIpc) is 2.98. The van der Waals surface area contributed by atoms with E-state index in [1.807, 2.05) is 18.2 Å². The zero-order chi connectivity index (χ0) is 14.9. The molecule has 1 aromatic carbocycles. The van der Waals surface area contributed by atoms with Crippen LogP contribution in [0.25, 0.3) is 0 Å². The van der Waals surface area contributed by atoms with Crippen LogP contribution in [0.5, 0.6) is 0 Å². The molecule has 5 nitrogen and oxygen atoms in total. The van der Waals surface area contributed by atoms with Gasteiger partial charge in [-0.3, -0.25) is 0 Å². The number of benzene rings is 1. The second kappa shape index (κ2) is 5.87. The van der Waals surface area contributed by atoms with Crippen LogP contribution in [0, 0.1) is 11.3 Å². The Morgan fingerprint density at radius 2 is 2.19 bits per heavy atom. The normalized spacial score (nSPS) is 27.0. The molecule has 0 radical (unpaired) electrons. The van der Waals surface area contributed by atoms with Crippen molar-refractivity contribution in [2.45, 2.75) is 32.6 Å². The molecule has 112 valence electrons. The number of hydrogen-bond acceptors (Lipinski definition) is 4. The van der Waals surface area contributed by atoms with Crippen LogP contribution >= 0.6 is 0 Å². The van der Waals surface area contributed by atoms with Gasteiger partial charge >= 0.3 is 130 Å². The Morgan fingerprint density at radius 1 is 1.43 bits per heavy atom. The van der Waals surface area contributed by atoms with Gasteiger partial charge in [-0.2, -0.15) is 0 Å². The Bertz CT molecular complexity index is 629. The van der Waals surface area contributed by atoms with E-state index in [2.05, 4.69) is 20.2 Å². The molecule has 1 fully saturated rings. The summed E-state index contributed by atoms with van der Waals surface area (Å²) < 4.78 is 8.75. The van der Waals surface area contributed by atoms with Gasteiger partial charge in [0, 0.05) is 0 Å². The first-order chi connectivity index (χ1) is 10.1. The number of amides is 1. The molecule has 0 spiro atoms. The fourth-order valence-corrected chi connectivity index (χ4v) is 4.15. The third-order valence-electron chi connectivity index (χ3n) is 4.64. The van der Waals surface area contributed by atoms with E-state index < -0.39 is 5.41 Å². The van der Waals surface area contributed by atoms with E-state index >= 15 is 0 Å². The van der Waals surface area contributed by atoms with E-state index in [4.69, 9.17) is 5.73 Å². The van der Waals surface area contributed by atoms with Gasteiger partial charge in [0.25, 0.3) is 0 Å². The molecule has 3 N–H and O–H groups in total. The average molecular weight is 351 g/mol. The van der Waals surface area contributed by atoms with Crippen LogP contribution in [0.2, 0.25) is 0 Å². The van der Waals surface area contributed by atoms with E-state index in [0.29, 0.717) is 12.5 Å². The minimum atomic E-state index is -0.421. The Morgan fingerprint density at radius 3 is 2.90 bits per heavy atom. The molecule has 0 unspecified atom stereocenters. The Balaban J connectivity index is 1.80. The molecule has 0 aromatic heterocycles. The zero-order valence-corrected chi connectivity index (χ0v) is 13.8. The molecule has 1 aliphatic heterocycles. The summed E-state index contributed by atoms with van der Waals surface area (Å²) in [6, 6.07) is 5.74. The van der Waals surface area contributed by atoms with Gasteiger partial charge in [-0.05, 0) is 0 Å². The van der Waals surface area contributed by atoms with Crippen molar-refractivity contribution in [2.75, 3.05) is 11.9 Å². The summed E-state index contributed by atoms with van der Waals surface area (Å²) in [6.07, 6.45) is 3.88. The Kier molecular flexibility index (Phi) is 4.11. The summed E-state index contributed by atoms with van der Waals surface area (Å²) in [5.41, 5.74) is 8.00. The maximum absolute atomic E-state index is 12.8. The summed E-state index contributed by atoms with van der Waals surface area (Å²) in [7, 11) is 0. The van der Waals surface area contributed by atoms with Crippen LogP contribution in [-0.2, 0) is 4.79 Å². The standard InChI is InChI=1S/C15H20N4OSe/c1-10-5-7-15(9-16,8-6-10)14(20)17-11-3-2-4-12-13(11)19-21-18-12/h2-4,10H,5-9,16H2,1H3,(H,17,20). The molecule has 1 aliphatic carbocycles. The van der Waals surface area contributed by atoms with Gasteiger partial charge in [-0.1, -0.05) is 0 Å². The summed E-state index contributed by atoms with van der Waals surface area (Å²) >= 11 is -0.0883. The molecule has 1 saturated carbocycles. The number of carbonyl (C=O) groups excluding carboxylic acids is 1. The van der Waals surface area contributed by atoms with E-state index in [0.717, 1.165) is 42.7 Å². The Hall–Kier alpha value is -1.23. The van der Waals surface area contributed by atoms with Crippen molar-refractivity contribution in [1.82, 2.24) is 0 Å². The van der Waals surface area contributed by atoms with Crippen molar-refractivity contribution in [3.63, 3.8) is 0 Å². The van der Waals surface area contributed by atoms with E-state index in [-0.39, 0.29) is 20.5 Å². The monoisotopic (exact) mass is 352 g/mol. The number of fused-ring (bicyclic) bond motifs is 1. The van der Waals surface area contributed by atoms with Gasteiger partial charge < -0.3 is 0 Å². The van der Waals surface area contributed by atoms with Crippen LogP contribution in [0.3, 0.4) is 0 Å². The van der Waals surface area contributed by atoms with E-state index in [1.54, 1.807) is 0 Å². The number of rotatable bonds is 3. The third-order valence-corrected chi connectivity index (χ3v) is 5.78. The molecule has 1 heterocycles. The molecule has 2 aliphatic rings. The molecule has 6 heteroatoms. The molecule has 3 rings (SSSR count). The topological polar surface area (TPSA) is 79.8 Å². The predicted molar refractivity (Wildman–Crippen MR) is 84.1 cm³/mol. The van der Waals surface area contributed by atoms with Crippen LogP contribution in [0.1, 0.15) is 32.6 Å². The van der Waals surface area contributed by atoms with Crippen molar-refractivity contribution in [3.8, 4) is 0 Å². The first-order valence-corrected chi connectivity index (χ1v) is 8.91. The molecule has 1 aromatic rings. The van der Waals surface area contributed by atoms with Gasteiger partial charge in [0.15, 0.2) is 0 Å². The molecule has 0 saturated heterocycles. The van der Waals surface area contributed by atoms with Gasteiger partial charge in [0.05, 0.1) is 0 Å². The number of hydrogen-bond donors (Lipinski definition) is 2. The van der Waals surface area contributed by atoms with E-state index in [1.165, 1.54) is 0 Å². The second-order valence-electron chi connectivity index (χ2n) is 6.06. The summed E-state index contributed by atoms with van der Waals surface area (Å²) in [5.74, 6) is 0.731. The zero-order valence-electron chi connectivity index (χ0n) is 12.1. The number of nitrogens with two attached hydrogens (primary N) is 1. The molecule has 0 atom stereocenters. The minimum absolute atomic E-state index is 0.0416. The van der Waals surface area contributed by atoms with Crippen molar-refractivity contribution in [3.05, 3.63) is 18.2 Å². The number of nitrogens with zero attached hydrogens (tertiary/aromatic N) is 2. The van der Waals surface area contributed by atoms with Crippen molar-refractivity contribution >= 4 is 37.5 Å². The fourth-order valence-electron chi connectivity index (χ4n) is 3.00. The van der Waals surface area contributed by atoms with Crippen LogP contribution in [0.15, 0.2) is 26.1 Å². The predicted octanol–water partition coefficient (Wildman–Crippen LogP) is 3.13. The van der Waals surface area contributed by atoms with Crippen molar-refractivity contribution < 1.29 is 4.79 Å². The number of anilines is 1. The van der Waals surface area contributed by atoms with Crippen molar-refractivity contribution in [2.24, 2.45) is 25.0 Å². The van der Waals surface area contributed by atoms with Crippen molar-refractivity contribution in [1.29, 1.82) is 0 Å². The third kappa shape index (κ3) is 2.76.